The van der Waals surface area contributed by atoms with Crippen molar-refractivity contribution in [1.29, 1.82) is 0 Å². The molecule has 0 saturated carbocycles. The lowest BCUT2D eigenvalue weighted by molar-refractivity contribution is 0.594. The highest BCUT2D eigenvalue weighted by atomic mass is 32.2. The number of hydrogen-bond donors (Lipinski definition) is 4. The van der Waals surface area contributed by atoms with Gasteiger partial charge in [-0.3, -0.25) is 14.6 Å². The number of aromatic nitrogens is 4. The van der Waals surface area contributed by atoms with Gasteiger partial charge in [-0.2, -0.15) is 18.6 Å². The Hall–Kier alpha value is -2.20. The molecule has 0 unspecified atom stereocenters. The Balaban J connectivity index is 2.29. The molecule has 0 saturated heterocycles. The number of aromatic amines is 2. The summed E-state index contributed by atoms with van der Waals surface area (Å²) in [4.78, 5) is 10.8. The molecule has 0 fully saturated rings. The number of rotatable bonds is 5. The van der Waals surface area contributed by atoms with Gasteiger partial charge in [0.1, 0.15) is 0 Å². The first-order valence-corrected chi connectivity index (χ1v) is 6.76. The molecule has 2 rings (SSSR count). The monoisotopic (exact) mass is 284 g/mol. The van der Waals surface area contributed by atoms with Crippen LogP contribution in [0.2, 0.25) is 0 Å². The molecule has 0 aliphatic heterocycles. The van der Waals surface area contributed by atoms with Crippen molar-refractivity contribution in [3.05, 3.63) is 34.2 Å². The van der Waals surface area contributed by atoms with Crippen LogP contribution in [-0.2, 0) is 16.6 Å². The Kier molecular flexibility index (Phi) is 3.62. The van der Waals surface area contributed by atoms with E-state index in [1.165, 1.54) is 18.3 Å². The van der Waals surface area contributed by atoms with Crippen molar-refractivity contribution >= 4 is 15.8 Å². The quantitative estimate of drug-likeness (QED) is 0.557. The summed E-state index contributed by atoms with van der Waals surface area (Å²) in [5.41, 5.74) is 0.0831. The lowest BCUT2D eigenvalue weighted by Crippen LogP contribution is -2.19. The van der Waals surface area contributed by atoms with Crippen molar-refractivity contribution in [3.63, 3.8) is 0 Å². The van der Waals surface area contributed by atoms with E-state index in [0.29, 0.717) is 12.1 Å². The maximum Gasteiger partial charge on any atom is 0.280 e. The van der Waals surface area contributed by atoms with E-state index < -0.39 is 15.6 Å². The summed E-state index contributed by atoms with van der Waals surface area (Å²) in [6.07, 6.45) is 1.42. The summed E-state index contributed by atoms with van der Waals surface area (Å²) < 4.78 is 26.4. The molecule has 4 N–H and O–H groups in total. The average Bonchev–Trinajstić information content (AvgIpc) is 2.81. The highest BCUT2D eigenvalue weighted by molar-refractivity contribution is 7.92. The normalized spacial score (nSPS) is 11.4. The third-order valence-corrected chi connectivity index (χ3v) is 3.60. The Morgan fingerprint density at radius 3 is 2.74 bits per heavy atom. The second kappa shape index (κ2) is 5.20. The van der Waals surface area contributed by atoms with Crippen LogP contribution in [0.3, 0.4) is 0 Å². The zero-order valence-electron chi connectivity index (χ0n) is 9.97. The fraction of sp³-hybridized carbons (Fsp3) is 0.222. The Morgan fingerprint density at radius 2 is 2.11 bits per heavy atom. The number of nitrogens with one attached hydrogen (secondary N) is 4. The van der Waals surface area contributed by atoms with Crippen molar-refractivity contribution in [1.82, 2.24) is 25.7 Å². The van der Waals surface area contributed by atoms with Gasteiger partial charge in [-0.15, -0.1) is 0 Å². The standard InChI is InChI=1S/C9H12N6O3S/c1-10-4-6-5-11-14-9(6)19(17,18)15-7-2-3-8(16)13-12-7/h2-3,5,10H,4H2,1H3,(H,11,14)(H,12,15)(H,13,16). The smallest absolute Gasteiger partial charge is 0.280 e. The molecule has 0 aliphatic carbocycles. The molecule has 0 spiro atoms. The van der Waals surface area contributed by atoms with Gasteiger partial charge in [-0.05, 0) is 13.1 Å². The van der Waals surface area contributed by atoms with Crippen LogP contribution in [0.4, 0.5) is 5.82 Å². The predicted octanol–water partition coefficient (Wildman–Crippen LogP) is -0.987. The summed E-state index contributed by atoms with van der Waals surface area (Å²) >= 11 is 0. The van der Waals surface area contributed by atoms with Crippen LogP contribution >= 0.6 is 0 Å². The fourth-order valence-electron chi connectivity index (χ4n) is 1.44. The second-order valence-corrected chi connectivity index (χ2v) is 5.29. The third-order valence-electron chi connectivity index (χ3n) is 2.23. The average molecular weight is 284 g/mol. The minimum atomic E-state index is -3.83. The Morgan fingerprint density at radius 1 is 1.32 bits per heavy atom. The SMILES string of the molecule is CNCc1cn[nH]c1S(=O)(=O)Nc1ccc(=O)[nH]n1. The van der Waals surface area contributed by atoms with Gasteiger partial charge in [0.25, 0.3) is 15.6 Å². The fourth-order valence-corrected chi connectivity index (χ4v) is 2.57. The van der Waals surface area contributed by atoms with E-state index in [0.717, 1.165) is 0 Å². The Bertz CT molecular complexity index is 699. The third kappa shape index (κ3) is 2.98. The highest BCUT2D eigenvalue weighted by Gasteiger charge is 2.21. The number of H-pyrrole nitrogens is 2. The van der Waals surface area contributed by atoms with E-state index in [2.05, 4.69) is 30.4 Å². The lowest BCUT2D eigenvalue weighted by Gasteiger charge is -2.06. The zero-order valence-corrected chi connectivity index (χ0v) is 10.8. The van der Waals surface area contributed by atoms with Crippen LogP contribution in [0.25, 0.3) is 0 Å². The van der Waals surface area contributed by atoms with Gasteiger partial charge in [0, 0.05) is 18.2 Å². The van der Waals surface area contributed by atoms with Crippen LogP contribution in [0, 0.1) is 0 Å². The number of hydrogen-bond acceptors (Lipinski definition) is 6. The molecule has 0 radical (unpaired) electrons. The number of anilines is 1. The van der Waals surface area contributed by atoms with Gasteiger partial charge < -0.3 is 5.32 Å². The summed E-state index contributed by atoms with van der Waals surface area (Å²) in [5.74, 6) is 0.0182. The van der Waals surface area contributed by atoms with E-state index in [4.69, 9.17) is 0 Å². The second-order valence-electron chi connectivity index (χ2n) is 3.67. The van der Waals surface area contributed by atoms with Crippen molar-refractivity contribution < 1.29 is 8.42 Å². The molecular weight excluding hydrogens is 272 g/mol. The predicted molar refractivity (Wildman–Crippen MR) is 67.0 cm³/mol. The molecule has 0 amide bonds. The molecule has 102 valence electrons. The summed E-state index contributed by atoms with van der Waals surface area (Å²) in [7, 11) is -2.13. The molecule has 2 aromatic heterocycles. The largest absolute Gasteiger partial charge is 0.316 e. The minimum Gasteiger partial charge on any atom is -0.316 e. The molecule has 0 aromatic carbocycles. The van der Waals surface area contributed by atoms with Gasteiger partial charge >= 0.3 is 0 Å². The summed E-state index contributed by atoms with van der Waals surface area (Å²) in [5, 5.41) is 14.6. The first-order chi connectivity index (χ1) is 9.03. The molecular formula is C9H12N6O3S. The summed E-state index contributed by atoms with van der Waals surface area (Å²) in [6.45, 7) is 0.353. The van der Waals surface area contributed by atoms with Gasteiger partial charge in [0.15, 0.2) is 10.8 Å². The van der Waals surface area contributed by atoms with E-state index in [1.807, 2.05) is 0 Å². The van der Waals surface area contributed by atoms with Crippen molar-refractivity contribution in [2.45, 2.75) is 11.6 Å². The topological polar surface area (TPSA) is 133 Å². The number of nitrogens with zero attached hydrogens (tertiary/aromatic N) is 2. The van der Waals surface area contributed by atoms with Crippen LogP contribution in [-0.4, -0.2) is 35.9 Å². The zero-order chi connectivity index (χ0) is 13.9. The maximum atomic E-state index is 12.1. The summed E-state index contributed by atoms with van der Waals surface area (Å²) in [6, 6.07) is 2.44. The molecule has 2 aromatic rings. The van der Waals surface area contributed by atoms with E-state index in [1.54, 1.807) is 7.05 Å². The van der Waals surface area contributed by atoms with Crippen molar-refractivity contribution in [2.75, 3.05) is 11.8 Å². The molecule has 0 aliphatic rings. The van der Waals surface area contributed by atoms with E-state index in [-0.39, 0.29) is 10.8 Å². The van der Waals surface area contributed by atoms with Crippen molar-refractivity contribution in [3.8, 4) is 0 Å². The van der Waals surface area contributed by atoms with Gasteiger partial charge in [0.05, 0.1) is 6.20 Å². The van der Waals surface area contributed by atoms with Gasteiger partial charge in [-0.1, -0.05) is 0 Å². The minimum absolute atomic E-state index is 0.0182. The van der Waals surface area contributed by atoms with Crippen molar-refractivity contribution in [2.24, 2.45) is 0 Å². The first kappa shape index (κ1) is 13.2. The maximum absolute atomic E-state index is 12.1. The van der Waals surface area contributed by atoms with E-state index in [9.17, 15) is 13.2 Å². The van der Waals surface area contributed by atoms with Crippen LogP contribution in [0.15, 0.2) is 28.2 Å². The van der Waals surface area contributed by atoms with Gasteiger partial charge in [-0.25, -0.2) is 5.10 Å². The van der Waals surface area contributed by atoms with Crippen LogP contribution in [0.1, 0.15) is 5.56 Å². The van der Waals surface area contributed by atoms with E-state index >= 15 is 0 Å². The molecule has 0 atom stereocenters. The first-order valence-electron chi connectivity index (χ1n) is 5.28. The van der Waals surface area contributed by atoms with Crippen LogP contribution in [0.5, 0.6) is 0 Å². The molecule has 10 heteroatoms. The van der Waals surface area contributed by atoms with Crippen LogP contribution < -0.4 is 15.6 Å². The number of sulfonamides is 1. The van der Waals surface area contributed by atoms with Gasteiger partial charge in [0.2, 0.25) is 0 Å². The molecule has 19 heavy (non-hydrogen) atoms. The molecule has 2 heterocycles. The lowest BCUT2D eigenvalue weighted by atomic mass is 10.4. The molecule has 0 bridgehead atoms. The highest BCUT2D eigenvalue weighted by Crippen LogP contribution is 2.14. The molecule has 9 nitrogen and oxygen atoms in total. The Labute approximate surface area is 108 Å².